The van der Waals surface area contributed by atoms with Gasteiger partial charge in [0.15, 0.2) is 9.84 Å². The van der Waals surface area contributed by atoms with Crippen molar-refractivity contribution in [3.63, 3.8) is 0 Å². The van der Waals surface area contributed by atoms with Crippen molar-refractivity contribution in [1.82, 2.24) is 5.32 Å². The van der Waals surface area contributed by atoms with Gasteiger partial charge in [-0.1, -0.05) is 35.9 Å². The second kappa shape index (κ2) is 9.18. The molecule has 27 heavy (non-hydrogen) atoms. The molecule has 0 unspecified atom stereocenters. The van der Waals surface area contributed by atoms with Crippen LogP contribution in [0.1, 0.15) is 11.1 Å². The minimum absolute atomic E-state index is 0.133. The summed E-state index contributed by atoms with van der Waals surface area (Å²) in [6.45, 7) is 2.04. The van der Waals surface area contributed by atoms with Crippen molar-refractivity contribution < 1.29 is 22.7 Å². The van der Waals surface area contributed by atoms with Gasteiger partial charge in [0.1, 0.15) is 17.3 Å². The first-order valence-corrected chi connectivity index (χ1v) is 10.1. The molecule has 0 heterocycles. The van der Waals surface area contributed by atoms with Crippen LogP contribution in [0.3, 0.4) is 0 Å². The van der Waals surface area contributed by atoms with E-state index in [1.54, 1.807) is 48.5 Å². The van der Waals surface area contributed by atoms with Gasteiger partial charge in [-0.2, -0.15) is 0 Å². The van der Waals surface area contributed by atoms with Crippen molar-refractivity contribution >= 4 is 27.3 Å². The highest BCUT2D eigenvalue weighted by molar-refractivity contribution is 7.92. The number of rotatable bonds is 8. The van der Waals surface area contributed by atoms with Crippen molar-refractivity contribution in [3.8, 4) is 5.75 Å². The first-order chi connectivity index (χ1) is 12.8. The van der Waals surface area contributed by atoms with E-state index in [1.165, 1.54) is 7.11 Å². The third-order valence-electron chi connectivity index (χ3n) is 3.71. The third kappa shape index (κ3) is 6.74. The fraction of sp³-hybridized carbons (Fsp3) is 0.263. The Morgan fingerprint density at radius 2 is 1.59 bits per heavy atom. The molecule has 0 fully saturated rings. The lowest BCUT2D eigenvalue weighted by atomic mass is 10.2. The Morgan fingerprint density at radius 3 is 2.26 bits per heavy atom. The molecule has 7 nitrogen and oxygen atoms in total. The molecule has 2 aromatic rings. The molecule has 0 atom stereocenters. The van der Waals surface area contributed by atoms with Gasteiger partial charge in [-0.3, -0.25) is 9.59 Å². The molecule has 0 aliphatic heterocycles. The number of hydrogen-bond donors (Lipinski definition) is 2. The average molecular weight is 390 g/mol. The van der Waals surface area contributed by atoms with Gasteiger partial charge in [-0.15, -0.1) is 0 Å². The van der Waals surface area contributed by atoms with E-state index < -0.39 is 33.2 Å². The van der Waals surface area contributed by atoms with E-state index in [1.807, 2.05) is 6.92 Å². The Morgan fingerprint density at radius 1 is 0.963 bits per heavy atom. The molecule has 8 heteroatoms. The number of amides is 2. The lowest BCUT2D eigenvalue weighted by Crippen LogP contribution is -2.33. The maximum absolute atomic E-state index is 12.1. The minimum atomic E-state index is -3.88. The molecular weight excluding hydrogens is 368 g/mol. The largest absolute Gasteiger partial charge is 0.496 e. The van der Waals surface area contributed by atoms with Crippen LogP contribution in [-0.4, -0.2) is 38.8 Å². The number of para-hydroxylation sites is 1. The van der Waals surface area contributed by atoms with Crippen LogP contribution in [0.4, 0.5) is 5.69 Å². The Bertz CT molecular complexity index is 908. The van der Waals surface area contributed by atoms with Gasteiger partial charge in [-0.05, 0) is 25.1 Å². The molecule has 2 N–H and O–H groups in total. The number of methoxy groups -OCH3 is 1. The van der Waals surface area contributed by atoms with Crippen molar-refractivity contribution in [2.75, 3.05) is 23.9 Å². The number of sulfone groups is 1. The van der Waals surface area contributed by atoms with Crippen molar-refractivity contribution in [3.05, 3.63) is 59.7 Å². The summed E-state index contributed by atoms with van der Waals surface area (Å²) < 4.78 is 29.3. The molecule has 0 bridgehead atoms. The second-order valence-corrected chi connectivity index (χ2v) is 8.10. The van der Waals surface area contributed by atoms with Crippen LogP contribution in [-0.2, 0) is 26.0 Å². The van der Waals surface area contributed by atoms with Crippen molar-refractivity contribution in [1.29, 1.82) is 0 Å². The van der Waals surface area contributed by atoms with Gasteiger partial charge >= 0.3 is 0 Å². The highest BCUT2D eigenvalue weighted by Crippen LogP contribution is 2.16. The Labute approximate surface area is 158 Å². The summed E-state index contributed by atoms with van der Waals surface area (Å²) in [5.74, 6) is -2.29. The van der Waals surface area contributed by atoms with E-state index in [2.05, 4.69) is 10.6 Å². The molecule has 0 radical (unpaired) electrons. The van der Waals surface area contributed by atoms with Crippen LogP contribution >= 0.6 is 0 Å². The summed E-state index contributed by atoms with van der Waals surface area (Å²) >= 11 is 0. The first kappa shape index (κ1) is 20.4. The number of ether oxygens (including phenoxy) is 1. The van der Waals surface area contributed by atoms with Gasteiger partial charge in [0.2, 0.25) is 11.8 Å². The van der Waals surface area contributed by atoms with Crippen LogP contribution in [0.25, 0.3) is 0 Å². The van der Waals surface area contributed by atoms with E-state index in [9.17, 15) is 18.0 Å². The Hall–Kier alpha value is -2.87. The van der Waals surface area contributed by atoms with Crippen LogP contribution in [0.15, 0.2) is 48.5 Å². The number of hydrogen-bond acceptors (Lipinski definition) is 5. The van der Waals surface area contributed by atoms with E-state index in [0.717, 1.165) is 11.1 Å². The summed E-state index contributed by atoms with van der Waals surface area (Å²) in [6.07, 6.45) is 0. The fourth-order valence-corrected chi connectivity index (χ4v) is 3.45. The van der Waals surface area contributed by atoms with E-state index in [-0.39, 0.29) is 6.54 Å². The normalized spacial score (nSPS) is 10.9. The highest BCUT2D eigenvalue weighted by Gasteiger charge is 2.21. The van der Waals surface area contributed by atoms with Gasteiger partial charge in [-0.25, -0.2) is 8.42 Å². The molecule has 2 rings (SSSR count). The van der Waals surface area contributed by atoms with Gasteiger partial charge in [0.05, 0.1) is 7.11 Å². The standard InChI is InChI=1S/C19H22N2O5S/c1-14-7-9-16(10-8-14)21-19(23)13-27(24,25)12-18(22)20-11-15-5-3-4-6-17(15)26-2/h3-10H,11-13H2,1-2H3,(H,20,22)(H,21,23). The molecule has 0 saturated carbocycles. The van der Waals surface area contributed by atoms with Crippen molar-refractivity contribution in [2.45, 2.75) is 13.5 Å². The van der Waals surface area contributed by atoms with Gasteiger partial charge in [0.25, 0.3) is 0 Å². The molecule has 0 saturated heterocycles. The molecule has 2 aromatic carbocycles. The molecule has 0 aliphatic carbocycles. The van der Waals surface area contributed by atoms with E-state index in [0.29, 0.717) is 11.4 Å². The zero-order chi connectivity index (χ0) is 19.9. The lowest BCUT2D eigenvalue weighted by Gasteiger charge is -2.10. The summed E-state index contributed by atoms with van der Waals surface area (Å²) in [4.78, 5) is 23.9. The van der Waals surface area contributed by atoms with Crippen molar-refractivity contribution in [2.24, 2.45) is 0 Å². The number of aryl methyl sites for hydroxylation is 1. The number of carbonyl (C=O) groups is 2. The zero-order valence-electron chi connectivity index (χ0n) is 15.2. The second-order valence-electron chi connectivity index (χ2n) is 6.04. The van der Waals surface area contributed by atoms with E-state index >= 15 is 0 Å². The predicted molar refractivity (Wildman–Crippen MR) is 103 cm³/mol. The Balaban J connectivity index is 1.86. The predicted octanol–water partition coefficient (Wildman–Crippen LogP) is 1.67. The maximum atomic E-state index is 12.1. The van der Waals surface area contributed by atoms with E-state index in [4.69, 9.17) is 4.74 Å². The molecular formula is C19H22N2O5S. The average Bonchev–Trinajstić information content (AvgIpc) is 2.61. The molecule has 144 valence electrons. The minimum Gasteiger partial charge on any atom is -0.496 e. The van der Waals surface area contributed by atoms with Gasteiger partial charge < -0.3 is 15.4 Å². The SMILES string of the molecule is COc1ccccc1CNC(=O)CS(=O)(=O)CC(=O)Nc1ccc(C)cc1. The number of nitrogens with one attached hydrogen (secondary N) is 2. The van der Waals surface area contributed by atoms with Crippen LogP contribution in [0.5, 0.6) is 5.75 Å². The number of carbonyl (C=O) groups excluding carboxylic acids is 2. The zero-order valence-corrected chi connectivity index (χ0v) is 16.0. The molecule has 0 spiro atoms. The summed E-state index contributed by atoms with van der Waals surface area (Å²) in [7, 11) is -2.37. The van der Waals surface area contributed by atoms with Crippen LogP contribution in [0.2, 0.25) is 0 Å². The summed E-state index contributed by atoms with van der Waals surface area (Å²) in [5.41, 5.74) is 2.25. The van der Waals surface area contributed by atoms with Crippen LogP contribution < -0.4 is 15.4 Å². The van der Waals surface area contributed by atoms with Crippen LogP contribution in [0, 0.1) is 6.92 Å². The number of anilines is 1. The monoisotopic (exact) mass is 390 g/mol. The lowest BCUT2D eigenvalue weighted by molar-refractivity contribution is -0.118. The fourth-order valence-electron chi connectivity index (χ4n) is 2.38. The molecule has 2 amide bonds. The number of benzene rings is 2. The third-order valence-corrected chi connectivity index (χ3v) is 5.11. The Kier molecular flexibility index (Phi) is 6.95. The van der Waals surface area contributed by atoms with Gasteiger partial charge in [0, 0.05) is 17.8 Å². The quantitative estimate of drug-likeness (QED) is 0.714. The first-order valence-electron chi connectivity index (χ1n) is 8.24. The topological polar surface area (TPSA) is 102 Å². The maximum Gasteiger partial charge on any atom is 0.239 e. The molecule has 0 aliphatic rings. The summed E-state index contributed by atoms with van der Waals surface area (Å²) in [6, 6.07) is 14.1. The highest BCUT2D eigenvalue weighted by atomic mass is 32.2. The smallest absolute Gasteiger partial charge is 0.239 e. The molecule has 0 aromatic heterocycles. The summed E-state index contributed by atoms with van der Waals surface area (Å²) in [5, 5.41) is 5.03.